The van der Waals surface area contributed by atoms with Crippen LogP contribution in [0.3, 0.4) is 0 Å². The smallest absolute Gasteiger partial charge is 0.319 e. The Balaban J connectivity index is 1.80. The molecule has 0 aliphatic rings. The Kier molecular flexibility index (Phi) is 6.43. The Morgan fingerprint density at radius 3 is 3.00 bits per heavy atom. The Labute approximate surface area is 135 Å². The van der Waals surface area contributed by atoms with Crippen LogP contribution in [0, 0.1) is 0 Å². The van der Waals surface area contributed by atoms with Crippen LogP contribution in [0.1, 0.15) is 6.92 Å². The van der Waals surface area contributed by atoms with Crippen LogP contribution >= 0.6 is 0 Å². The van der Waals surface area contributed by atoms with Gasteiger partial charge in [0.15, 0.2) is 0 Å². The number of anilines is 1. The molecular weight excluding hydrogens is 296 g/mol. The number of aromatic nitrogens is 2. The number of carbonyl (C=O) groups excluding carboxylic acids is 1. The van der Waals surface area contributed by atoms with Gasteiger partial charge < -0.3 is 20.1 Å². The summed E-state index contributed by atoms with van der Waals surface area (Å²) in [6.07, 6.45) is 3.61. The van der Waals surface area contributed by atoms with Gasteiger partial charge in [0.05, 0.1) is 19.2 Å². The molecule has 0 aliphatic carbocycles. The molecule has 1 heterocycles. The summed E-state index contributed by atoms with van der Waals surface area (Å²) in [5.41, 5.74) is 0.670. The van der Waals surface area contributed by atoms with Crippen molar-refractivity contribution in [3.05, 3.63) is 42.7 Å². The SMILES string of the molecule is COCC(C)NC(=O)Nc1cccc(OCCn2cccn2)c1. The summed E-state index contributed by atoms with van der Waals surface area (Å²) in [4.78, 5) is 11.8. The van der Waals surface area contributed by atoms with E-state index in [1.165, 1.54) is 0 Å². The molecule has 1 atom stereocenters. The second-order valence-electron chi connectivity index (χ2n) is 5.10. The Morgan fingerprint density at radius 1 is 1.39 bits per heavy atom. The fourth-order valence-corrected chi connectivity index (χ4v) is 2.04. The summed E-state index contributed by atoms with van der Waals surface area (Å²) >= 11 is 0. The van der Waals surface area contributed by atoms with Gasteiger partial charge in [-0.05, 0) is 25.1 Å². The minimum atomic E-state index is -0.275. The molecule has 0 saturated carbocycles. The first-order valence-corrected chi connectivity index (χ1v) is 7.44. The van der Waals surface area contributed by atoms with Gasteiger partial charge in [0.1, 0.15) is 12.4 Å². The Bertz CT molecular complexity index is 601. The van der Waals surface area contributed by atoms with Crippen molar-refractivity contribution in [2.75, 3.05) is 25.6 Å². The van der Waals surface area contributed by atoms with Gasteiger partial charge in [-0.1, -0.05) is 6.07 Å². The third kappa shape index (κ3) is 5.99. The number of hydrogen-bond donors (Lipinski definition) is 2. The molecule has 7 nitrogen and oxygen atoms in total. The minimum absolute atomic E-state index is 0.0616. The lowest BCUT2D eigenvalue weighted by molar-refractivity contribution is 0.173. The van der Waals surface area contributed by atoms with Crippen molar-refractivity contribution in [3.8, 4) is 5.75 Å². The van der Waals surface area contributed by atoms with Crippen LogP contribution in [-0.2, 0) is 11.3 Å². The normalized spacial score (nSPS) is 11.7. The van der Waals surface area contributed by atoms with Gasteiger partial charge in [-0.25, -0.2) is 4.79 Å². The molecular formula is C16H22N4O3. The average molecular weight is 318 g/mol. The van der Waals surface area contributed by atoms with E-state index >= 15 is 0 Å². The molecule has 0 fully saturated rings. The van der Waals surface area contributed by atoms with Gasteiger partial charge in [0.25, 0.3) is 0 Å². The molecule has 0 bridgehead atoms. The zero-order chi connectivity index (χ0) is 16.5. The lowest BCUT2D eigenvalue weighted by Crippen LogP contribution is -2.38. The van der Waals surface area contributed by atoms with Crippen molar-refractivity contribution in [2.24, 2.45) is 0 Å². The van der Waals surface area contributed by atoms with E-state index in [1.54, 1.807) is 30.1 Å². The van der Waals surface area contributed by atoms with Crippen molar-refractivity contribution in [2.45, 2.75) is 19.5 Å². The summed E-state index contributed by atoms with van der Waals surface area (Å²) in [7, 11) is 1.60. The maximum atomic E-state index is 11.8. The van der Waals surface area contributed by atoms with E-state index in [0.29, 0.717) is 31.2 Å². The fourth-order valence-electron chi connectivity index (χ4n) is 2.04. The van der Waals surface area contributed by atoms with Crippen LogP contribution in [0.15, 0.2) is 42.7 Å². The molecule has 0 radical (unpaired) electrons. The molecule has 2 rings (SSSR count). The van der Waals surface area contributed by atoms with Crippen LogP contribution < -0.4 is 15.4 Å². The highest BCUT2D eigenvalue weighted by atomic mass is 16.5. The molecule has 23 heavy (non-hydrogen) atoms. The van der Waals surface area contributed by atoms with E-state index in [0.717, 1.165) is 0 Å². The molecule has 1 aromatic carbocycles. The second kappa shape index (κ2) is 8.79. The molecule has 7 heteroatoms. The zero-order valence-electron chi connectivity index (χ0n) is 13.4. The number of rotatable bonds is 8. The molecule has 124 valence electrons. The van der Waals surface area contributed by atoms with Crippen molar-refractivity contribution in [1.29, 1.82) is 0 Å². The fraction of sp³-hybridized carbons (Fsp3) is 0.375. The van der Waals surface area contributed by atoms with E-state index < -0.39 is 0 Å². The first-order chi connectivity index (χ1) is 11.2. The van der Waals surface area contributed by atoms with Gasteiger partial charge in [-0.15, -0.1) is 0 Å². The molecule has 2 N–H and O–H groups in total. The number of amides is 2. The van der Waals surface area contributed by atoms with E-state index in [4.69, 9.17) is 9.47 Å². The monoisotopic (exact) mass is 318 g/mol. The number of methoxy groups -OCH3 is 1. The van der Waals surface area contributed by atoms with E-state index in [2.05, 4.69) is 15.7 Å². The Hall–Kier alpha value is -2.54. The van der Waals surface area contributed by atoms with Crippen molar-refractivity contribution >= 4 is 11.7 Å². The summed E-state index contributed by atoms with van der Waals surface area (Å²) in [5, 5.41) is 9.66. The first kappa shape index (κ1) is 16.8. The molecule has 2 amide bonds. The molecule has 0 aliphatic heterocycles. The second-order valence-corrected chi connectivity index (χ2v) is 5.10. The first-order valence-electron chi connectivity index (χ1n) is 7.44. The predicted molar refractivity (Wildman–Crippen MR) is 87.7 cm³/mol. The zero-order valence-corrected chi connectivity index (χ0v) is 13.4. The highest BCUT2D eigenvalue weighted by Crippen LogP contribution is 2.17. The molecule has 2 aromatic rings. The number of ether oxygens (including phenoxy) is 2. The van der Waals surface area contributed by atoms with Gasteiger partial charge in [-0.2, -0.15) is 5.10 Å². The quantitative estimate of drug-likeness (QED) is 0.781. The summed E-state index contributed by atoms with van der Waals surface area (Å²) in [6.45, 7) is 3.50. The Morgan fingerprint density at radius 2 is 2.26 bits per heavy atom. The van der Waals surface area contributed by atoms with Crippen LogP contribution in [0.5, 0.6) is 5.75 Å². The minimum Gasteiger partial charge on any atom is -0.492 e. The molecule has 0 saturated heterocycles. The predicted octanol–water partition coefficient (Wildman–Crippen LogP) is 2.12. The number of carbonyl (C=O) groups is 1. The van der Waals surface area contributed by atoms with E-state index in [9.17, 15) is 4.79 Å². The molecule has 1 unspecified atom stereocenters. The van der Waals surface area contributed by atoms with Crippen molar-refractivity contribution in [1.82, 2.24) is 15.1 Å². The van der Waals surface area contributed by atoms with Crippen LogP contribution in [0.25, 0.3) is 0 Å². The van der Waals surface area contributed by atoms with Gasteiger partial charge >= 0.3 is 6.03 Å². The lowest BCUT2D eigenvalue weighted by atomic mass is 10.3. The summed E-state index contributed by atoms with van der Waals surface area (Å²) in [6, 6.07) is 8.80. The van der Waals surface area contributed by atoms with Crippen molar-refractivity contribution < 1.29 is 14.3 Å². The molecule has 0 spiro atoms. The van der Waals surface area contributed by atoms with E-state index in [1.807, 2.05) is 31.3 Å². The highest BCUT2D eigenvalue weighted by Gasteiger charge is 2.07. The van der Waals surface area contributed by atoms with Crippen molar-refractivity contribution in [3.63, 3.8) is 0 Å². The average Bonchev–Trinajstić information content (AvgIpc) is 3.01. The summed E-state index contributed by atoms with van der Waals surface area (Å²) in [5.74, 6) is 0.694. The van der Waals surface area contributed by atoms with E-state index in [-0.39, 0.29) is 12.1 Å². The number of hydrogen-bond acceptors (Lipinski definition) is 4. The number of nitrogens with one attached hydrogen (secondary N) is 2. The highest BCUT2D eigenvalue weighted by molar-refractivity contribution is 5.89. The lowest BCUT2D eigenvalue weighted by Gasteiger charge is -2.14. The van der Waals surface area contributed by atoms with Gasteiger partial charge in [-0.3, -0.25) is 4.68 Å². The number of nitrogens with zero attached hydrogens (tertiary/aromatic N) is 2. The molecule has 1 aromatic heterocycles. The maximum Gasteiger partial charge on any atom is 0.319 e. The van der Waals surface area contributed by atoms with Gasteiger partial charge in [0.2, 0.25) is 0 Å². The number of benzene rings is 1. The van der Waals surface area contributed by atoms with Crippen LogP contribution in [0.4, 0.5) is 10.5 Å². The largest absolute Gasteiger partial charge is 0.492 e. The van der Waals surface area contributed by atoms with Gasteiger partial charge in [0, 0.05) is 31.3 Å². The summed E-state index contributed by atoms with van der Waals surface area (Å²) < 4.78 is 12.4. The standard InChI is InChI=1S/C16H22N4O3/c1-13(12-22-2)18-16(21)19-14-5-3-6-15(11-14)23-10-9-20-8-4-7-17-20/h3-8,11,13H,9-10,12H2,1-2H3,(H2,18,19,21). The third-order valence-corrected chi connectivity index (χ3v) is 3.03. The van der Waals surface area contributed by atoms with Crippen LogP contribution in [-0.4, -0.2) is 42.2 Å². The third-order valence-electron chi connectivity index (χ3n) is 3.03. The van der Waals surface area contributed by atoms with Crippen LogP contribution in [0.2, 0.25) is 0 Å². The number of urea groups is 1. The topological polar surface area (TPSA) is 77.4 Å². The maximum absolute atomic E-state index is 11.8.